The number of nitrogens with one attached hydrogen (secondary N) is 2. The van der Waals surface area contributed by atoms with Crippen LogP contribution in [-0.4, -0.2) is 40.4 Å². The summed E-state index contributed by atoms with van der Waals surface area (Å²) in [5.41, 5.74) is 0.408. The van der Waals surface area contributed by atoms with E-state index in [1.54, 1.807) is 14.2 Å². The molecule has 6 nitrogen and oxygen atoms in total. The maximum absolute atomic E-state index is 12.8. The molecule has 0 heterocycles. The van der Waals surface area contributed by atoms with Crippen LogP contribution >= 0.6 is 0 Å². The van der Waals surface area contributed by atoms with Gasteiger partial charge in [0.15, 0.2) is 17.5 Å². The second-order valence-electron chi connectivity index (χ2n) is 6.46. The molecule has 9 heteroatoms. The van der Waals surface area contributed by atoms with Crippen LogP contribution in [0.4, 0.5) is 13.2 Å². The first-order valence-corrected chi connectivity index (χ1v) is 9.79. The first-order valence-electron chi connectivity index (χ1n) is 9.79. The van der Waals surface area contributed by atoms with Crippen LogP contribution in [0.5, 0.6) is 17.2 Å². The lowest BCUT2D eigenvalue weighted by Gasteiger charge is -2.14. The van der Waals surface area contributed by atoms with E-state index in [1.165, 1.54) is 19.2 Å². The lowest BCUT2D eigenvalue weighted by molar-refractivity contribution is -0.137. The number of rotatable bonds is 7. The Morgan fingerprint density at radius 3 is 2.25 bits per heavy atom. The molecule has 0 saturated heterocycles. The molecule has 0 aliphatic rings. The van der Waals surface area contributed by atoms with Crippen molar-refractivity contribution in [3.63, 3.8) is 0 Å². The maximum atomic E-state index is 12.8. The zero-order valence-electron chi connectivity index (χ0n) is 18.4. The molecular formula is C23H26F3N3O3. The number of methoxy groups -OCH3 is 3. The van der Waals surface area contributed by atoms with Crippen molar-refractivity contribution in [2.45, 2.75) is 19.6 Å². The van der Waals surface area contributed by atoms with E-state index in [9.17, 15) is 13.2 Å². The number of halogens is 3. The number of alkyl halides is 3. The van der Waals surface area contributed by atoms with Gasteiger partial charge in [0.25, 0.3) is 0 Å². The van der Waals surface area contributed by atoms with Crippen LogP contribution in [0.3, 0.4) is 0 Å². The molecule has 0 fully saturated rings. The summed E-state index contributed by atoms with van der Waals surface area (Å²) in [6.45, 7) is 3.08. The van der Waals surface area contributed by atoms with E-state index in [1.807, 2.05) is 19.1 Å². The molecule has 0 aromatic heterocycles. The quantitative estimate of drug-likeness (QED) is 0.382. The molecule has 172 valence electrons. The van der Waals surface area contributed by atoms with Crippen molar-refractivity contribution >= 4 is 5.96 Å². The van der Waals surface area contributed by atoms with E-state index >= 15 is 0 Å². The molecule has 0 unspecified atom stereocenters. The molecule has 2 aromatic rings. The summed E-state index contributed by atoms with van der Waals surface area (Å²) in [6, 6.07) is 8.53. The minimum absolute atomic E-state index is 0.206. The zero-order chi connectivity index (χ0) is 23.6. The fourth-order valence-electron chi connectivity index (χ4n) is 2.79. The summed E-state index contributed by atoms with van der Waals surface area (Å²) in [6.07, 6.45) is -4.40. The average Bonchev–Trinajstić information content (AvgIpc) is 2.78. The number of guanidine groups is 1. The van der Waals surface area contributed by atoms with Gasteiger partial charge < -0.3 is 24.8 Å². The van der Waals surface area contributed by atoms with Crippen molar-refractivity contribution in [1.82, 2.24) is 10.6 Å². The first-order chi connectivity index (χ1) is 15.3. The van der Waals surface area contributed by atoms with Gasteiger partial charge in [0.05, 0.1) is 40.0 Å². The van der Waals surface area contributed by atoms with Crippen molar-refractivity contribution in [3.8, 4) is 29.1 Å². The van der Waals surface area contributed by atoms with Gasteiger partial charge in [0, 0.05) is 12.1 Å². The monoisotopic (exact) mass is 449 g/mol. The average molecular weight is 449 g/mol. The molecular weight excluding hydrogens is 423 g/mol. The normalized spacial score (nSPS) is 11.3. The molecule has 0 saturated carbocycles. The number of ether oxygens (including phenoxy) is 3. The third kappa shape index (κ3) is 7.01. The smallest absolute Gasteiger partial charge is 0.416 e. The summed E-state index contributed by atoms with van der Waals surface area (Å²) in [5, 5.41) is 6.14. The topological polar surface area (TPSA) is 64.1 Å². The van der Waals surface area contributed by atoms with Crippen LogP contribution in [0.15, 0.2) is 41.4 Å². The molecule has 2 rings (SSSR count). The van der Waals surface area contributed by atoms with Crippen molar-refractivity contribution in [2.24, 2.45) is 4.99 Å². The highest BCUT2D eigenvalue weighted by atomic mass is 19.4. The summed E-state index contributed by atoms with van der Waals surface area (Å²) in [7, 11) is 4.61. The van der Waals surface area contributed by atoms with Gasteiger partial charge in [-0.2, -0.15) is 13.2 Å². The molecule has 0 radical (unpaired) electrons. The van der Waals surface area contributed by atoms with Gasteiger partial charge in [-0.25, -0.2) is 4.99 Å². The third-order valence-corrected chi connectivity index (χ3v) is 4.26. The van der Waals surface area contributed by atoms with E-state index in [2.05, 4.69) is 27.5 Å². The zero-order valence-corrected chi connectivity index (χ0v) is 18.4. The molecule has 0 aliphatic heterocycles. The maximum Gasteiger partial charge on any atom is 0.416 e. The highest BCUT2D eigenvalue weighted by molar-refractivity contribution is 5.80. The predicted octanol–water partition coefficient (Wildman–Crippen LogP) is 3.84. The molecule has 0 atom stereocenters. The Bertz CT molecular complexity index is 970. The SMILES string of the molecule is CCNC(=NCc1cc(OC)c(OC)c(OC)c1)NCC#Cc1cccc(C(F)(F)F)c1. The first kappa shape index (κ1) is 24.7. The Morgan fingerprint density at radius 2 is 1.69 bits per heavy atom. The highest BCUT2D eigenvalue weighted by Gasteiger charge is 2.30. The molecule has 0 bridgehead atoms. The van der Waals surface area contributed by atoms with Crippen molar-refractivity contribution in [1.29, 1.82) is 0 Å². The van der Waals surface area contributed by atoms with Gasteiger partial charge in [0.2, 0.25) is 5.75 Å². The Kier molecular flexibility index (Phi) is 9.08. The lowest BCUT2D eigenvalue weighted by atomic mass is 10.1. The van der Waals surface area contributed by atoms with Crippen LogP contribution in [0, 0.1) is 11.8 Å². The van der Waals surface area contributed by atoms with Gasteiger partial charge >= 0.3 is 6.18 Å². The number of nitrogens with zero attached hydrogens (tertiary/aromatic N) is 1. The second-order valence-corrected chi connectivity index (χ2v) is 6.46. The summed E-state index contributed by atoms with van der Waals surface area (Å²) < 4.78 is 54.4. The van der Waals surface area contributed by atoms with Gasteiger partial charge in [-0.05, 0) is 42.8 Å². The fourth-order valence-corrected chi connectivity index (χ4v) is 2.79. The van der Waals surface area contributed by atoms with E-state index in [0.717, 1.165) is 17.7 Å². The van der Waals surface area contributed by atoms with Crippen molar-refractivity contribution < 1.29 is 27.4 Å². The van der Waals surface area contributed by atoms with Crippen LogP contribution in [-0.2, 0) is 12.7 Å². The van der Waals surface area contributed by atoms with Gasteiger partial charge in [0.1, 0.15) is 0 Å². The van der Waals surface area contributed by atoms with Crippen molar-refractivity contribution in [3.05, 3.63) is 53.1 Å². The Labute approximate surface area is 185 Å². The van der Waals surface area contributed by atoms with E-state index in [4.69, 9.17) is 14.2 Å². The Hall–Kier alpha value is -3.54. The highest BCUT2D eigenvalue weighted by Crippen LogP contribution is 2.38. The van der Waals surface area contributed by atoms with Crippen LogP contribution in [0.25, 0.3) is 0 Å². The minimum Gasteiger partial charge on any atom is -0.493 e. The van der Waals surface area contributed by atoms with Crippen LogP contribution in [0.2, 0.25) is 0 Å². The lowest BCUT2D eigenvalue weighted by Crippen LogP contribution is -2.37. The Morgan fingerprint density at radius 1 is 1.00 bits per heavy atom. The summed E-state index contributed by atoms with van der Waals surface area (Å²) in [4.78, 5) is 4.51. The molecule has 0 aliphatic carbocycles. The largest absolute Gasteiger partial charge is 0.493 e. The van der Waals surface area contributed by atoms with Crippen LogP contribution in [0.1, 0.15) is 23.6 Å². The molecule has 0 amide bonds. The number of benzene rings is 2. The molecule has 2 N–H and O–H groups in total. The number of aliphatic imine (C=N–C) groups is 1. The molecule has 2 aromatic carbocycles. The van der Waals surface area contributed by atoms with E-state index < -0.39 is 11.7 Å². The third-order valence-electron chi connectivity index (χ3n) is 4.26. The fraction of sp³-hybridized carbons (Fsp3) is 0.348. The van der Waals surface area contributed by atoms with Gasteiger partial charge in [-0.1, -0.05) is 17.9 Å². The van der Waals surface area contributed by atoms with E-state index in [0.29, 0.717) is 41.9 Å². The second kappa shape index (κ2) is 11.7. The molecule has 32 heavy (non-hydrogen) atoms. The Balaban J connectivity index is 2.08. The number of hydrogen-bond acceptors (Lipinski definition) is 4. The van der Waals surface area contributed by atoms with Gasteiger partial charge in [-0.3, -0.25) is 0 Å². The minimum atomic E-state index is -4.40. The predicted molar refractivity (Wildman–Crippen MR) is 117 cm³/mol. The van der Waals surface area contributed by atoms with Gasteiger partial charge in [-0.15, -0.1) is 0 Å². The standard InChI is InChI=1S/C23H26F3N3O3/c1-5-27-22(28-11-7-9-16-8-6-10-18(12-16)23(24,25)26)29-15-17-13-19(30-2)21(32-4)20(14-17)31-3/h6,8,10,12-14H,5,11,15H2,1-4H3,(H2,27,28,29). The van der Waals surface area contributed by atoms with E-state index in [-0.39, 0.29) is 6.54 Å². The summed E-state index contributed by atoms with van der Waals surface area (Å²) in [5.74, 6) is 7.61. The number of hydrogen-bond donors (Lipinski definition) is 2. The van der Waals surface area contributed by atoms with Crippen LogP contribution < -0.4 is 24.8 Å². The summed E-state index contributed by atoms with van der Waals surface area (Å²) >= 11 is 0. The molecule has 0 spiro atoms. The van der Waals surface area contributed by atoms with Crippen molar-refractivity contribution in [2.75, 3.05) is 34.4 Å².